The molecule has 1 aliphatic rings. The lowest BCUT2D eigenvalue weighted by Gasteiger charge is -2.33. The lowest BCUT2D eigenvalue weighted by atomic mass is 10.0. The molecule has 3 rings (SSSR count). The molecule has 1 N–H and O–H groups in total. The van der Waals surface area contributed by atoms with Crippen molar-refractivity contribution >= 4 is 28.8 Å². The SMILES string of the molecule is O=C(CCCC(=O)c1cccs1)NC1CCN(c2ccc(C(F)(F)F)cn2)CC1. The Bertz CT molecular complexity index is 814. The van der Waals surface area contributed by atoms with Crippen LogP contribution in [0.25, 0.3) is 0 Å². The fourth-order valence-corrected chi connectivity index (χ4v) is 3.96. The van der Waals surface area contributed by atoms with Crippen molar-refractivity contribution in [3.8, 4) is 0 Å². The highest BCUT2D eigenvalue weighted by Crippen LogP contribution is 2.29. The fourth-order valence-electron chi connectivity index (χ4n) is 3.26. The van der Waals surface area contributed by atoms with Gasteiger partial charge in [-0.1, -0.05) is 6.07 Å². The maximum absolute atomic E-state index is 12.6. The Kier molecular flexibility index (Phi) is 6.89. The van der Waals surface area contributed by atoms with Crippen molar-refractivity contribution in [1.82, 2.24) is 10.3 Å². The average Bonchev–Trinajstić information content (AvgIpc) is 3.23. The summed E-state index contributed by atoms with van der Waals surface area (Å²) < 4.78 is 37.9. The van der Waals surface area contributed by atoms with Gasteiger partial charge >= 0.3 is 6.18 Å². The number of nitrogens with zero attached hydrogens (tertiary/aromatic N) is 2. The highest BCUT2D eigenvalue weighted by molar-refractivity contribution is 7.12. The number of rotatable bonds is 7. The summed E-state index contributed by atoms with van der Waals surface area (Å²) in [5, 5.41) is 4.84. The standard InChI is InChI=1S/C20H22F3N3O2S/c21-20(22,23)14-6-7-18(24-13-14)26-10-8-15(9-11-26)25-19(28)5-1-3-16(27)17-4-2-12-29-17/h2,4,6-7,12-13,15H,1,3,5,8-11H2,(H,25,28). The molecule has 0 bridgehead atoms. The topological polar surface area (TPSA) is 62.3 Å². The van der Waals surface area contributed by atoms with E-state index in [1.165, 1.54) is 17.4 Å². The molecule has 1 saturated heterocycles. The maximum Gasteiger partial charge on any atom is 0.417 e. The zero-order chi connectivity index (χ0) is 20.9. The average molecular weight is 425 g/mol. The van der Waals surface area contributed by atoms with E-state index in [0.717, 1.165) is 17.1 Å². The molecule has 5 nitrogen and oxygen atoms in total. The van der Waals surface area contributed by atoms with Crippen molar-refractivity contribution in [2.75, 3.05) is 18.0 Å². The quantitative estimate of drug-likeness (QED) is 0.672. The lowest BCUT2D eigenvalue weighted by Crippen LogP contribution is -2.44. The van der Waals surface area contributed by atoms with Gasteiger partial charge in [-0.05, 0) is 42.8 Å². The van der Waals surface area contributed by atoms with Gasteiger partial charge in [-0.15, -0.1) is 11.3 Å². The Morgan fingerprint density at radius 2 is 1.93 bits per heavy atom. The Hall–Kier alpha value is -2.42. The first-order chi connectivity index (χ1) is 13.8. The minimum atomic E-state index is -4.39. The molecule has 0 saturated carbocycles. The van der Waals surface area contributed by atoms with Gasteiger partial charge < -0.3 is 10.2 Å². The second-order valence-electron chi connectivity index (χ2n) is 6.99. The van der Waals surface area contributed by atoms with E-state index in [-0.39, 0.29) is 17.7 Å². The number of Topliss-reactive ketones (excluding diaryl/α,β-unsaturated/α-hetero) is 1. The van der Waals surface area contributed by atoms with E-state index >= 15 is 0 Å². The lowest BCUT2D eigenvalue weighted by molar-refractivity contribution is -0.137. The number of carbonyl (C=O) groups is 2. The molecule has 2 aromatic heterocycles. The molecule has 0 atom stereocenters. The maximum atomic E-state index is 12.6. The van der Waals surface area contributed by atoms with E-state index < -0.39 is 11.7 Å². The van der Waals surface area contributed by atoms with Crippen molar-refractivity contribution in [2.24, 2.45) is 0 Å². The predicted octanol–water partition coefficient (Wildman–Crippen LogP) is 4.30. The molecule has 29 heavy (non-hydrogen) atoms. The molecule has 0 unspecified atom stereocenters. The number of nitrogens with one attached hydrogen (secondary N) is 1. The normalized spacial score (nSPS) is 15.3. The Labute approximate surface area is 170 Å². The highest BCUT2D eigenvalue weighted by atomic mass is 32.1. The van der Waals surface area contributed by atoms with E-state index in [1.807, 2.05) is 16.3 Å². The smallest absolute Gasteiger partial charge is 0.356 e. The molecule has 0 aliphatic carbocycles. The van der Waals surface area contributed by atoms with Crippen LogP contribution in [-0.4, -0.2) is 35.8 Å². The number of carbonyl (C=O) groups excluding carboxylic acids is 2. The molecule has 0 radical (unpaired) electrons. The number of hydrogen-bond acceptors (Lipinski definition) is 5. The van der Waals surface area contributed by atoms with Crippen LogP contribution >= 0.6 is 11.3 Å². The zero-order valence-corrected chi connectivity index (χ0v) is 16.6. The monoisotopic (exact) mass is 425 g/mol. The van der Waals surface area contributed by atoms with Gasteiger partial charge in [0.15, 0.2) is 5.78 Å². The Morgan fingerprint density at radius 1 is 1.17 bits per heavy atom. The van der Waals surface area contributed by atoms with Crippen LogP contribution in [0, 0.1) is 0 Å². The van der Waals surface area contributed by atoms with Gasteiger partial charge in [-0.2, -0.15) is 13.2 Å². The van der Waals surface area contributed by atoms with E-state index in [0.29, 0.717) is 51.0 Å². The summed E-state index contributed by atoms with van der Waals surface area (Å²) in [5.41, 5.74) is -0.763. The molecule has 3 heterocycles. The number of anilines is 1. The van der Waals surface area contributed by atoms with Crippen molar-refractivity contribution < 1.29 is 22.8 Å². The number of piperidine rings is 1. The van der Waals surface area contributed by atoms with Crippen molar-refractivity contribution in [2.45, 2.75) is 44.3 Å². The Morgan fingerprint density at radius 3 is 2.52 bits per heavy atom. The number of aromatic nitrogens is 1. The number of halogens is 3. The largest absolute Gasteiger partial charge is 0.417 e. The number of amides is 1. The van der Waals surface area contributed by atoms with Crippen LogP contribution in [0.4, 0.5) is 19.0 Å². The fraction of sp³-hybridized carbons (Fsp3) is 0.450. The van der Waals surface area contributed by atoms with Gasteiger partial charge in [0.1, 0.15) is 5.82 Å². The first kappa shape index (κ1) is 21.3. The molecular weight excluding hydrogens is 403 g/mol. The summed E-state index contributed by atoms with van der Waals surface area (Å²) in [6.45, 7) is 1.22. The number of ketones is 1. The van der Waals surface area contributed by atoms with E-state index in [1.54, 1.807) is 6.07 Å². The first-order valence-corrected chi connectivity index (χ1v) is 10.3. The van der Waals surface area contributed by atoms with Gasteiger partial charge in [0.25, 0.3) is 0 Å². The van der Waals surface area contributed by atoms with Crippen LogP contribution in [0.2, 0.25) is 0 Å². The minimum absolute atomic E-state index is 0.0289. The zero-order valence-electron chi connectivity index (χ0n) is 15.7. The third kappa shape index (κ3) is 6.03. The van der Waals surface area contributed by atoms with Crippen LogP contribution in [0.5, 0.6) is 0 Å². The van der Waals surface area contributed by atoms with E-state index in [4.69, 9.17) is 0 Å². The molecule has 1 aliphatic heterocycles. The summed E-state index contributed by atoms with van der Waals surface area (Å²) in [7, 11) is 0. The van der Waals surface area contributed by atoms with Crippen LogP contribution in [0.15, 0.2) is 35.8 Å². The van der Waals surface area contributed by atoms with Gasteiger partial charge in [-0.25, -0.2) is 4.98 Å². The molecule has 9 heteroatoms. The Balaban J connectivity index is 1.38. The van der Waals surface area contributed by atoms with Gasteiger partial charge in [0.2, 0.25) is 5.91 Å². The van der Waals surface area contributed by atoms with Gasteiger partial charge in [-0.3, -0.25) is 9.59 Å². The van der Waals surface area contributed by atoms with Crippen molar-refractivity contribution in [3.05, 3.63) is 46.3 Å². The van der Waals surface area contributed by atoms with E-state index in [9.17, 15) is 22.8 Å². The van der Waals surface area contributed by atoms with Crippen LogP contribution in [0.3, 0.4) is 0 Å². The first-order valence-electron chi connectivity index (χ1n) is 9.47. The summed E-state index contributed by atoms with van der Waals surface area (Å²) in [6.07, 6.45) is -0.982. The van der Waals surface area contributed by atoms with Crippen molar-refractivity contribution in [3.63, 3.8) is 0 Å². The van der Waals surface area contributed by atoms with E-state index in [2.05, 4.69) is 10.3 Å². The third-order valence-corrected chi connectivity index (χ3v) is 5.77. The van der Waals surface area contributed by atoms with Crippen LogP contribution in [0.1, 0.15) is 47.3 Å². The highest BCUT2D eigenvalue weighted by Gasteiger charge is 2.31. The summed E-state index contributed by atoms with van der Waals surface area (Å²) in [4.78, 5) is 30.6. The van der Waals surface area contributed by atoms with Crippen LogP contribution in [-0.2, 0) is 11.0 Å². The number of alkyl halides is 3. The number of pyridine rings is 1. The number of thiophene rings is 1. The molecule has 156 valence electrons. The summed E-state index contributed by atoms with van der Waals surface area (Å²) >= 11 is 1.40. The molecule has 0 spiro atoms. The van der Waals surface area contributed by atoms with Crippen LogP contribution < -0.4 is 10.2 Å². The third-order valence-electron chi connectivity index (χ3n) is 4.86. The molecular formula is C20H22F3N3O2S. The van der Waals surface area contributed by atoms with Gasteiger partial charge in [0, 0.05) is 38.2 Å². The van der Waals surface area contributed by atoms with Crippen molar-refractivity contribution in [1.29, 1.82) is 0 Å². The second kappa shape index (κ2) is 9.39. The molecule has 2 aromatic rings. The second-order valence-corrected chi connectivity index (χ2v) is 7.93. The minimum Gasteiger partial charge on any atom is -0.356 e. The molecule has 1 amide bonds. The summed E-state index contributed by atoms with van der Waals surface area (Å²) in [6, 6.07) is 6.06. The number of hydrogen-bond donors (Lipinski definition) is 1. The molecule has 0 aromatic carbocycles. The summed E-state index contributed by atoms with van der Waals surface area (Å²) in [5.74, 6) is 0.495. The molecule has 1 fully saturated rings. The van der Waals surface area contributed by atoms with Gasteiger partial charge in [0.05, 0.1) is 10.4 Å². The predicted molar refractivity (Wildman–Crippen MR) is 105 cm³/mol.